The zero-order valence-corrected chi connectivity index (χ0v) is 24.0. The summed E-state index contributed by atoms with van der Waals surface area (Å²) in [5, 5.41) is 23.2. The summed E-state index contributed by atoms with van der Waals surface area (Å²) in [5.74, 6) is -2.20. The van der Waals surface area contributed by atoms with E-state index < -0.39 is 38.9 Å². The van der Waals surface area contributed by atoms with Crippen LogP contribution < -0.4 is 32.6 Å². The highest BCUT2D eigenvalue weighted by atomic mass is 35.5. The number of phenols is 1. The lowest BCUT2D eigenvalue weighted by molar-refractivity contribution is -0.113. The number of para-hydroxylation sites is 2. The van der Waals surface area contributed by atoms with Gasteiger partial charge in [0.25, 0.3) is 11.8 Å². The molecule has 2 amide bonds. The van der Waals surface area contributed by atoms with Crippen LogP contribution in [0.5, 0.6) is 5.75 Å². The van der Waals surface area contributed by atoms with Crippen LogP contribution in [-0.2, 0) is 29.1 Å². The Morgan fingerprint density at radius 1 is 0.833 bits per heavy atom. The third kappa shape index (κ3) is 8.54. The maximum Gasteiger partial charge on any atom is 0.324 e. The van der Waals surface area contributed by atoms with E-state index >= 15 is 0 Å². The molecule has 222 valence electrons. The molecule has 0 bridgehead atoms. The van der Waals surface area contributed by atoms with E-state index in [0.29, 0.717) is 11.4 Å². The first-order valence-electron chi connectivity index (χ1n) is 12.1. The number of amides is 2. The molecular formula is C27H29ClN6O7S. The van der Waals surface area contributed by atoms with Crippen molar-refractivity contribution in [1.82, 2.24) is 0 Å². The van der Waals surface area contributed by atoms with Crippen LogP contribution in [0.15, 0.2) is 101 Å². The van der Waals surface area contributed by atoms with Crippen molar-refractivity contribution in [2.45, 2.75) is 25.2 Å². The molecular weight excluding hydrogens is 588 g/mol. The monoisotopic (exact) mass is 616 g/mol. The van der Waals surface area contributed by atoms with Gasteiger partial charge in [0.1, 0.15) is 33.6 Å². The molecule has 0 saturated heterocycles. The van der Waals surface area contributed by atoms with Crippen molar-refractivity contribution >= 4 is 50.5 Å². The maximum absolute atomic E-state index is 12.7. The standard InChI is InChI=1S/C27H29ClN6O7S/c1-15(23(29)25(36)32-17-9-5-3-6-10-17)40-27(34-20-13-19(28)22(14-21(20)35)42(31,38)39)41-16(2)24(30)26(37)33-18-11-7-4-8-12-18/h3-14,27,34-35H,29-30H2,1-2H3,(H,32,36)(H,33,37)(H2,31,38,39)/b23-15-,24-16-. The molecule has 15 heteroatoms. The molecule has 3 rings (SSSR count). The molecule has 3 aromatic rings. The molecule has 0 unspecified atom stereocenters. The first kappa shape index (κ1) is 31.6. The summed E-state index contributed by atoms with van der Waals surface area (Å²) < 4.78 is 35.0. The number of nitrogens with two attached hydrogens (primary N) is 3. The fraction of sp³-hybridized carbons (Fsp3) is 0.111. The number of carbonyl (C=O) groups excluding carboxylic acids is 2. The number of allylic oxidation sites excluding steroid dienone is 2. The maximum atomic E-state index is 12.7. The smallest absolute Gasteiger partial charge is 0.324 e. The van der Waals surface area contributed by atoms with Crippen molar-refractivity contribution in [3.8, 4) is 5.75 Å². The van der Waals surface area contributed by atoms with E-state index in [0.717, 1.165) is 12.1 Å². The van der Waals surface area contributed by atoms with Gasteiger partial charge < -0.3 is 42.0 Å². The number of hydrogen-bond acceptors (Lipinski definition) is 10. The Hall–Kier alpha value is -4.92. The molecule has 10 N–H and O–H groups in total. The van der Waals surface area contributed by atoms with E-state index in [1.807, 2.05) is 0 Å². The minimum absolute atomic E-state index is 0.118. The molecule has 0 aromatic heterocycles. The summed E-state index contributed by atoms with van der Waals surface area (Å²) in [6.07, 6.45) is -1.58. The predicted octanol–water partition coefficient (Wildman–Crippen LogP) is 3.08. The number of sulfonamides is 1. The van der Waals surface area contributed by atoms with Gasteiger partial charge in [-0.15, -0.1) is 0 Å². The van der Waals surface area contributed by atoms with Gasteiger partial charge in [0.15, 0.2) is 0 Å². The molecule has 0 aliphatic rings. The summed E-state index contributed by atoms with van der Waals surface area (Å²) in [6, 6.07) is 18.9. The Morgan fingerprint density at radius 2 is 1.26 bits per heavy atom. The normalized spacial score (nSPS) is 13.1. The minimum Gasteiger partial charge on any atom is -0.506 e. The number of anilines is 3. The van der Waals surface area contributed by atoms with Crippen LogP contribution in [0.4, 0.5) is 17.1 Å². The molecule has 0 fully saturated rings. The first-order chi connectivity index (χ1) is 19.8. The number of benzene rings is 3. The van der Waals surface area contributed by atoms with Gasteiger partial charge in [-0.05, 0) is 44.2 Å². The van der Waals surface area contributed by atoms with E-state index in [4.69, 9.17) is 37.7 Å². The number of halogens is 1. The lowest BCUT2D eigenvalue weighted by Gasteiger charge is -2.24. The van der Waals surface area contributed by atoms with Crippen LogP contribution in [0.1, 0.15) is 13.8 Å². The van der Waals surface area contributed by atoms with Crippen LogP contribution in [0, 0.1) is 0 Å². The second-order valence-corrected chi connectivity index (χ2v) is 10.6. The Labute approximate surface area is 247 Å². The van der Waals surface area contributed by atoms with Crippen molar-refractivity contribution in [1.29, 1.82) is 0 Å². The van der Waals surface area contributed by atoms with Crippen LogP contribution in [0.2, 0.25) is 5.02 Å². The van der Waals surface area contributed by atoms with E-state index in [-0.39, 0.29) is 33.6 Å². The van der Waals surface area contributed by atoms with Crippen molar-refractivity contribution in [3.63, 3.8) is 0 Å². The second-order valence-electron chi connectivity index (χ2n) is 8.64. The Bertz CT molecular complexity index is 1550. The van der Waals surface area contributed by atoms with E-state index in [9.17, 15) is 23.1 Å². The molecule has 3 aromatic carbocycles. The van der Waals surface area contributed by atoms with Crippen LogP contribution in [-0.4, -0.2) is 31.8 Å². The highest BCUT2D eigenvalue weighted by molar-refractivity contribution is 7.89. The first-order valence-corrected chi connectivity index (χ1v) is 14.0. The SMILES string of the molecule is C/C(OC(Nc1cc(Cl)c(S(N)(=O)=O)cc1O)O/C(C)=C(\N)C(=O)Nc1ccccc1)=C(/N)C(=O)Nc1ccccc1. The summed E-state index contributed by atoms with van der Waals surface area (Å²) in [5.41, 5.74) is 12.2. The number of nitrogens with one attached hydrogen (secondary N) is 3. The lowest BCUT2D eigenvalue weighted by Crippen LogP contribution is -2.30. The zero-order chi connectivity index (χ0) is 31.0. The molecule has 0 saturated carbocycles. The number of primary sulfonamides is 1. The highest BCUT2D eigenvalue weighted by Crippen LogP contribution is 2.33. The van der Waals surface area contributed by atoms with Gasteiger partial charge >= 0.3 is 6.41 Å². The molecule has 0 heterocycles. The average molecular weight is 617 g/mol. The lowest BCUT2D eigenvalue weighted by atomic mass is 10.3. The summed E-state index contributed by atoms with van der Waals surface area (Å²) >= 11 is 6.06. The van der Waals surface area contributed by atoms with Gasteiger partial charge in [-0.2, -0.15) is 0 Å². The number of hydrogen-bond donors (Lipinski definition) is 7. The number of phenolic OH excluding ortho intramolecular Hbond substituents is 1. The molecule has 13 nitrogen and oxygen atoms in total. The van der Waals surface area contributed by atoms with Gasteiger partial charge in [0.2, 0.25) is 10.0 Å². The number of aromatic hydroxyl groups is 1. The Kier molecular flexibility index (Phi) is 10.3. The predicted molar refractivity (Wildman–Crippen MR) is 158 cm³/mol. The zero-order valence-electron chi connectivity index (χ0n) is 22.4. The van der Waals surface area contributed by atoms with Crippen LogP contribution in [0.3, 0.4) is 0 Å². The molecule has 0 radical (unpaired) electrons. The fourth-order valence-electron chi connectivity index (χ4n) is 3.29. The van der Waals surface area contributed by atoms with Crippen LogP contribution >= 0.6 is 11.6 Å². The number of ether oxygens (including phenoxy) is 2. The fourth-order valence-corrected chi connectivity index (χ4v) is 4.39. The quantitative estimate of drug-likeness (QED) is 0.0721. The average Bonchev–Trinajstić information content (AvgIpc) is 2.94. The highest BCUT2D eigenvalue weighted by Gasteiger charge is 2.23. The van der Waals surface area contributed by atoms with Crippen molar-refractivity contribution in [2.75, 3.05) is 16.0 Å². The summed E-state index contributed by atoms with van der Waals surface area (Å²) in [7, 11) is -4.25. The second kappa shape index (κ2) is 13.6. The molecule has 0 atom stereocenters. The van der Waals surface area contributed by atoms with Gasteiger partial charge in [-0.3, -0.25) is 9.59 Å². The van der Waals surface area contributed by atoms with Gasteiger partial charge in [-0.1, -0.05) is 48.0 Å². The third-order valence-electron chi connectivity index (χ3n) is 5.51. The van der Waals surface area contributed by atoms with E-state index in [1.54, 1.807) is 60.7 Å². The summed E-state index contributed by atoms with van der Waals surface area (Å²) in [6.45, 7) is 2.75. The van der Waals surface area contributed by atoms with E-state index in [2.05, 4.69) is 16.0 Å². The molecule has 42 heavy (non-hydrogen) atoms. The number of rotatable bonds is 11. The Balaban J connectivity index is 1.91. The van der Waals surface area contributed by atoms with Crippen molar-refractivity contribution < 1.29 is 32.6 Å². The number of carbonyl (C=O) groups is 2. The Morgan fingerprint density at radius 3 is 1.67 bits per heavy atom. The largest absolute Gasteiger partial charge is 0.506 e. The van der Waals surface area contributed by atoms with Crippen molar-refractivity contribution in [2.24, 2.45) is 16.6 Å². The summed E-state index contributed by atoms with van der Waals surface area (Å²) in [4.78, 5) is 24.8. The minimum atomic E-state index is -4.25. The topological polar surface area (TPSA) is 221 Å². The third-order valence-corrected chi connectivity index (χ3v) is 6.88. The van der Waals surface area contributed by atoms with E-state index in [1.165, 1.54) is 13.8 Å². The molecule has 0 aliphatic heterocycles. The van der Waals surface area contributed by atoms with Gasteiger partial charge in [0, 0.05) is 17.4 Å². The van der Waals surface area contributed by atoms with Gasteiger partial charge in [-0.25, -0.2) is 13.6 Å². The van der Waals surface area contributed by atoms with Crippen molar-refractivity contribution in [3.05, 3.63) is 101 Å². The molecule has 0 aliphatic carbocycles. The molecule has 0 spiro atoms. The van der Waals surface area contributed by atoms with Crippen LogP contribution in [0.25, 0.3) is 0 Å². The van der Waals surface area contributed by atoms with Gasteiger partial charge in [0.05, 0.1) is 10.7 Å².